The van der Waals surface area contributed by atoms with Gasteiger partial charge in [-0.25, -0.2) is 0 Å². The molecule has 0 saturated heterocycles. The first-order chi connectivity index (χ1) is 16.8. The fourth-order valence-electron chi connectivity index (χ4n) is 8.20. The SMILES string of the molecule is CC(=O)O[C@@H]1CC[C@]2(C)C3=CC[C@]4(C)[C@H](CC[C@@H]4[C@@H](C)/C=C/[C@@H](C)C(C)C)C3=CC[C@@]2(OC(C)=O)C1. The highest BCUT2D eigenvalue weighted by Gasteiger charge is 2.62. The van der Waals surface area contributed by atoms with Crippen LogP contribution in [0.3, 0.4) is 0 Å². The number of hydrogen-bond donors (Lipinski definition) is 0. The van der Waals surface area contributed by atoms with Crippen molar-refractivity contribution in [3.63, 3.8) is 0 Å². The molecule has 4 aliphatic rings. The molecule has 0 aromatic heterocycles. The summed E-state index contributed by atoms with van der Waals surface area (Å²) in [4.78, 5) is 24.0. The molecule has 0 heterocycles. The number of hydrogen-bond acceptors (Lipinski definition) is 4. The number of carbonyl (C=O) groups is 2. The normalized spacial score (nSPS) is 39.4. The van der Waals surface area contributed by atoms with Crippen LogP contribution in [0.5, 0.6) is 0 Å². The van der Waals surface area contributed by atoms with E-state index in [1.54, 1.807) is 0 Å². The van der Waals surface area contributed by atoms with Gasteiger partial charge in [-0.15, -0.1) is 0 Å². The lowest BCUT2D eigenvalue weighted by Gasteiger charge is -2.58. The van der Waals surface area contributed by atoms with Crippen LogP contribution in [-0.2, 0) is 19.1 Å². The van der Waals surface area contributed by atoms with Crippen LogP contribution in [0, 0.1) is 40.4 Å². The van der Waals surface area contributed by atoms with Crippen molar-refractivity contribution >= 4 is 11.9 Å². The highest BCUT2D eigenvalue weighted by atomic mass is 16.6. The van der Waals surface area contributed by atoms with Crippen molar-refractivity contribution in [3.05, 3.63) is 35.5 Å². The van der Waals surface area contributed by atoms with Gasteiger partial charge in [0.1, 0.15) is 11.7 Å². The second-order valence-electron chi connectivity index (χ2n) is 13.2. The van der Waals surface area contributed by atoms with Crippen LogP contribution in [0.25, 0.3) is 0 Å². The van der Waals surface area contributed by atoms with Gasteiger partial charge in [-0.1, -0.05) is 65.8 Å². The summed E-state index contributed by atoms with van der Waals surface area (Å²) in [5.74, 6) is 2.55. The predicted molar refractivity (Wildman–Crippen MR) is 144 cm³/mol. The fraction of sp³-hybridized carbons (Fsp3) is 0.750. The first-order valence-electron chi connectivity index (χ1n) is 14.3. The topological polar surface area (TPSA) is 52.6 Å². The number of allylic oxidation sites excluding steroid dienone is 4. The monoisotopic (exact) mass is 496 g/mol. The van der Waals surface area contributed by atoms with Crippen LogP contribution in [0.1, 0.15) is 100 Å². The van der Waals surface area contributed by atoms with Crippen molar-refractivity contribution in [3.8, 4) is 0 Å². The van der Waals surface area contributed by atoms with Gasteiger partial charge in [0.15, 0.2) is 0 Å². The van der Waals surface area contributed by atoms with Crippen molar-refractivity contribution in [1.29, 1.82) is 0 Å². The molecular weight excluding hydrogens is 448 g/mol. The van der Waals surface area contributed by atoms with Crippen LogP contribution < -0.4 is 0 Å². The average Bonchev–Trinajstić information content (AvgIpc) is 3.14. The molecule has 0 spiro atoms. The van der Waals surface area contributed by atoms with E-state index in [4.69, 9.17) is 9.47 Å². The Morgan fingerprint density at radius 1 is 0.972 bits per heavy atom. The minimum atomic E-state index is -0.651. The molecule has 4 heteroatoms. The maximum Gasteiger partial charge on any atom is 0.303 e. The van der Waals surface area contributed by atoms with E-state index < -0.39 is 5.60 Å². The van der Waals surface area contributed by atoms with Gasteiger partial charge in [-0.05, 0) is 78.3 Å². The number of fused-ring (bicyclic) bond motifs is 5. The molecule has 4 nitrogen and oxygen atoms in total. The van der Waals surface area contributed by atoms with Crippen LogP contribution >= 0.6 is 0 Å². The maximum absolute atomic E-state index is 12.3. The molecule has 0 aromatic rings. The van der Waals surface area contributed by atoms with Crippen LogP contribution in [0.2, 0.25) is 0 Å². The Morgan fingerprint density at radius 3 is 2.33 bits per heavy atom. The summed E-state index contributed by atoms with van der Waals surface area (Å²) < 4.78 is 11.8. The molecule has 36 heavy (non-hydrogen) atoms. The third-order valence-electron chi connectivity index (χ3n) is 10.7. The molecule has 2 fully saturated rings. The van der Waals surface area contributed by atoms with E-state index in [1.807, 2.05) is 0 Å². The van der Waals surface area contributed by atoms with E-state index in [-0.39, 0.29) is 28.9 Å². The number of ether oxygens (including phenoxy) is 2. The zero-order valence-electron chi connectivity index (χ0n) is 23.9. The minimum Gasteiger partial charge on any atom is -0.462 e. The minimum absolute atomic E-state index is 0.198. The zero-order valence-corrected chi connectivity index (χ0v) is 23.9. The van der Waals surface area contributed by atoms with Crippen molar-refractivity contribution in [2.75, 3.05) is 0 Å². The Hall–Kier alpha value is -1.84. The predicted octanol–water partition coefficient (Wildman–Crippen LogP) is 7.59. The zero-order chi connectivity index (χ0) is 26.5. The molecule has 200 valence electrons. The molecule has 4 aliphatic carbocycles. The van der Waals surface area contributed by atoms with Crippen LogP contribution in [0.15, 0.2) is 35.5 Å². The molecule has 2 saturated carbocycles. The second kappa shape index (κ2) is 9.80. The Labute approximate surface area is 219 Å². The number of carbonyl (C=O) groups excluding carboxylic acids is 2. The standard InChI is InChI=1S/C32H48O4/c1-20(2)21(3)9-10-22(4)27-11-12-28-26-14-18-32(36-24(6)34)19-25(35-23(5)33)13-17-31(32,8)29(26)15-16-30(27,28)7/h9-10,14-15,20-22,25,27-28H,11-13,16-19H2,1-8H3/b10-9+/t21-,22+,25-,27-,28-,30+,31-,32-/m1/s1. The second-order valence-corrected chi connectivity index (χ2v) is 13.2. The Balaban J connectivity index is 1.64. The third-order valence-corrected chi connectivity index (χ3v) is 10.7. The van der Waals surface area contributed by atoms with E-state index in [9.17, 15) is 9.59 Å². The Kier molecular flexibility index (Phi) is 7.40. The molecular formula is C32H48O4. The van der Waals surface area contributed by atoms with Crippen molar-refractivity contribution in [2.24, 2.45) is 40.4 Å². The molecule has 0 radical (unpaired) electrons. The van der Waals surface area contributed by atoms with Gasteiger partial charge in [0.05, 0.1) is 0 Å². The summed E-state index contributed by atoms with van der Waals surface area (Å²) in [6.45, 7) is 17.1. The molecule has 4 rings (SSSR count). The van der Waals surface area contributed by atoms with Gasteiger partial charge in [0.25, 0.3) is 0 Å². The van der Waals surface area contributed by atoms with Crippen LogP contribution in [-0.4, -0.2) is 23.6 Å². The molecule has 0 aliphatic heterocycles. The van der Waals surface area contributed by atoms with Gasteiger partial charge in [0.2, 0.25) is 0 Å². The fourth-order valence-corrected chi connectivity index (χ4v) is 8.20. The van der Waals surface area contributed by atoms with Crippen molar-refractivity contribution in [1.82, 2.24) is 0 Å². The van der Waals surface area contributed by atoms with E-state index in [2.05, 4.69) is 65.8 Å². The van der Waals surface area contributed by atoms with E-state index in [0.29, 0.717) is 42.4 Å². The summed E-state index contributed by atoms with van der Waals surface area (Å²) in [5.41, 5.74) is 2.26. The average molecular weight is 497 g/mol. The van der Waals surface area contributed by atoms with Gasteiger partial charge < -0.3 is 9.47 Å². The maximum atomic E-state index is 12.3. The van der Waals surface area contributed by atoms with Crippen LogP contribution in [0.4, 0.5) is 0 Å². The highest BCUT2D eigenvalue weighted by molar-refractivity contribution is 5.68. The molecule has 0 amide bonds. The smallest absolute Gasteiger partial charge is 0.303 e. The molecule has 0 unspecified atom stereocenters. The Morgan fingerprint density at radius 2 is 1.69 bits per heavy atom. The Bertz CT molecular complexity index is 973. The van der Waals surface area contributed by atoms with E-state index >= 15 is 0 Å². The van der Waals surface area contributed by atoms with Gasteiger partial charge in [0, 0.05) is 32.1 Å². The highest BCUT2D eigenvalue weighted by Crippen LogP contribution is 2.66. The van der Waals surface area contributed by atoms with E-state index in [1.165, 1.54) is 37.8 Å². The molecule has 0 aromatic carbocycles. The number of rotatable bonds is 6. The summed E-state index contributed by atoms with van der Waals surface area (Å²) in [5, 5.41) is 0. The summed E-state index contributed by atoms with van der Waals surface area (Å²) >= 11 is 0. The van der Waals surface area contributed by atoms with Gasteiger partial charge >= 0.3 is 11.9 Å². The third kappa shape index (κ3) is 4.52. The lowest BCUT2D eigenvalue weighted by Crippen LogP contribution is -2.58. The lowest BCUT2D eigenvalue weighted by molar-refractivity contribution is -0.190. The van der Waals surface area contributed by atoms with E-state index in [0.717, 1.165) is 19.3 Å². The molecule has 8 atom stereocenters. The van der Waals surface area contributed by atoms with Gasteiger partial charge in [-0.2, -0.15) is 0 Å². The summed E-state index contributed by atoms with van der Waals surface area (Å²) in [6.07, 6.45) is 16.1. The molecule has 0 N–H and O–H groups in total. The summed E-state index contributed by atoms with van der Waals surface area (Å²) in [7, 11) is 0. The first-order valence-corrected chi connectivity index (χ1v) is 14.3. The molecule has 0 bridgehead atoms. The number of esters is 2. The van der Waals surface area contributed by atoms with Crippen molar-refractivity contribution < 1.29 is 19.1 Å². The van der Waals surface area contributed by atoms with Gasteiger partial charge in [-0.3, -0.25) is 9.59 Å². The quantitative estimate of drug-likeness (QED) is 0.281. The first kappa shape index (κ1) is 27.2. The lowest BCUT2D eigenvalue weighted by atomic mass is 9.50. The van der Waals surface area contributed by atoms with Crippen molar-refractivity contribution in [2.45, 2.75) is 112 Å². The summed E-state index contributed by atoms with van der Waals surface area (Å²) in [6, 6.07) is 0. The largest absolute Gasteiger partial charge is 0.462 e.